The topological polar surface area (TPSA) is 86.5 Å². The summed E-state index contributed by atoms with van der Waals surface area (Å²) in [6, 6.07) is 15.0. The predicted molar refractivity (Wildman–Crippen MR) is 88.0 cm³/mol. The maximum Gasteiger partial charge on any atom is 0.314 e. The maximum absolute atomic E-state index is 11.7. The SMILES string of the molecule is O=C(C=Cc1cccc([N+](=O)[O-])c1)CC(=O)OCc1ccccc1. The van der Waals surface area contributed by atoms with Crippen molar-refractivity contribution in [2.24, 2.45) is 0 Å². The van der Waals surface area contributed by atoms with Gasteiger partial charge in [-0.25, -0.2) is 0 Å². The molecule has 2 aromatic carbocycles. The molecule has 0 unspecified atom stereocenters. The van der Waals surface area contributed by atoms with Crippen LogP contribution in [0.5, 0.6) is 0 Å². The molecular formula is C18H15NO5. The molecule has 0 spiro atoms. The average molecular weight is 325 g/mol. The number of benzene rings is 2. The Labute approximate surface area is 138 Å². The lowest BCUT2D eigenvalue weighted by Gasteiger charge is -2.03. The second-order valence-electron chi connectivity index (χ2n) is 4.97. The summed E-state index contributed by atoms with van der Waals surface area (Å²) in [5.74, 6) is -1.05. The Morgan fingerprint density at radius 1 is 1.08 bits per heavy atom. The molecule has 0 atom stereocenters. The van der Waals surface area contributed by atoms with E-state index in [1.54, 1.807) is 6.07 Å². The number of ketones is 1. The van der Waals surface area contributed by atoms with E-state index in [2.05, 4.69) is 0 Å². The Hall–Kier alpha value is -3.28. The number of nitro groups is 1. The quantitative estimate of drug-likeness (QED) is 0.256. The normalized spacial score (nSPS) is 10.5. The van der Waals surface area contributed by atoms with Crippen molar-refractivity contribution in [2.45, 2.75) is 13.0 Å². The van der Waals surface area contributed by atoms with Crippen molar-refractivity contribution >= 4 is 23.5 Å². The van der Waals surface area contributed by atoms with E-state index in [1.807, 2.05) is 30.3 Å². The summed E-state index contributed by atoms with van der Waals surface area (Å²) in [7, 11) is 0. The first-order valence-electron chi connectivity index (χ1n) is 7.19. The molecule has 122 valence electrons. The molecule has 24 heavy (non-hydrogen) atoms. The Bertz CT molecular complexity index is 768. The van der Waals surface area contributed by atoms with Gasteiger partial charge < -0.3 is 4.74 Å². The van der Waals surface area contributed by atoms with Gasteiger partial charge in [0, 0.05) is 12.1 Å². The minimum Gasteiger partial charge on any atom is -0.460 e. The number of hydrogen-bond donors (Lipinski definition) is 0. The van der Waals surface area contributed by atoms with Crippen molar-refractivity contribution in [3.05, 3.63) is 81.9 Å². The van der Waals surface area contributed by atoms with Crippen molar-refractivity contribution in [1.82, 2.24) is 0 Å². The molecule has 6 heteroatoms. The van der Waals surface area contributed by atoms with Crippen LogP contribution < -0.4 is 0 Å². The second kappa shape index (κ2) is 8.38. The van der Waals surface area contributed by atoms with Gasteiger partial charge in [-0.05, 0) is 17.2 Å². The predicted octanol–water partition coefficient (Wildman–Crippen LogP) is 3.31. The van der Waals surface area contributed by atoms with Gasteiger partial charge in [0.15, 0.2) is 5.78 Å². The molecule has 0 saturated carbocycles. The number of allylic oxidation sites excluding steroid dienone is 1. The van der Waals surface area contributed by atoms with Crippen LogP contribution in [0.1, 0.15) is 17.5 Å². The van der Waals surface area contributed by atoms with Crippen LogP contribution in [0.2, 0.25) is 0 Å². The van der Waals surface area contributed by atoms with E-state index in [0.717, 1.165) is 5.56 Å². The molecule has 0 fully saturated rings. The van der Waals surface area contributed by atoms with E-state index in [1.165, 1.54) is 30.4 Å². The lowest BCUT2D eigenvalue weighted by molar-refractivity contribution is -0.384. The number of nitro benzene ring substituents is 1. The molecule has 6 nitrogen and oxygen atoms in total. The average Bonchev–Trinajstić information content (AvgIpc) is 2.59. The Kier molecular flexibility index (Phi) is 5.96. The number of hydrogen-bond acceptors (Lipinski definition) is 5. The first kappa shape index (κ1) is 17.1. The summed E-state index contributed by atoms with van der Waals surface area (Å²) < 4.78 is 5.02. The molecule has 0 saturated heterocycles. The highest BCUT2D eigenvalue weighted by atomic mass is 16.6. The summed E-state index contributed by atoms with van der Waals surface area (Å²) in [4.78, 5) is 33.5. The Morgan fingerprint density at radius 2 is 1.83 bits per heavy atom. The Morgan fingerprint density at radius 3 is 2.54 bits per heavy atom. The minimum absolute atomic E-state index is 0.0631. The molecule has 0 aliphatic rings. The van der Waals surface area contributed by atoms with Crippen molar-refractivity contribution in [3.8, 4) is 0 Å². The molecule has 0 aliphatic heterocycles. The molecule has 0 amide bonds. The van der Waals surface area contributed by atoms with Crippen LogP contribution in [-0.2, 0) is 20.9 Å². The van der Waals surface area contributed by atoms with Gasteiger partial charge in [-0.1, -0.05) is 48.5 Å². The molecule has 0 bridgehead atoms. The van der Waals surface area contributed by atoms with Crippen LogP contribution in [-0.4, -0.2) is 16.7 Å². The first-order chi connectivity index (χ1) is 11.5. The molecule has 2 aromatic rings. The summed E-state index contributed by atoms with van der Waals surface area (Å²) in [6.07, 6.45) is 2.26. The number of carbonyl (C=O) groups excluding carboxylic acids is 2. The minimum atomic E-state index is -0.618. The van der Waals surface area contributed by atoms with E-state index in [9.17, 15) is 19.7 Å². The number of nitrogens with zero attached hydrogens (tertiary/aromatic N) is 1. The molecule has 0 radical (unpaired) electrons. The summed E-state index contributed by atoms with van der Waals surface area (Å²) in [5.41, 5.74) is 1.28. The van der Waals surface area contributed by atoms with Crippen molar-refractivity contribution in [3.63, 3.8) is 0 Å². The highest BCUT2D eigenvalue weighted by molar-refractivity contribution is 6.03. The highest BCUT2D eigenvalue weighted by Crippen LogP contribution is 2.14. The molecule has 0 aliphatic carbocycles. The molecular weight excluding hydrogens is 310 g/mol. The van der Waals surface area contributed by atoms with Crippen LogP contribution >= 0.6 is 0 Å². The third-order valence-electron chi connectivity index (χ3n) is 3.10. The molecule has 0 aromatic heterocycles. The number of ether oxygens (including phenoxy) is 1. The van der Waals surface area contributed by atoms with E-state index in [0.29, 0.717) is 5.56 Å². The van der Waals surface area contributed by atoms with E-state index >= 15 is 0 Å². The van der Waals surface area contributed by atoms with Crippen molar-refractivity contribution in [1.29, 1.82) is 0 Å². The van der Waals surface area contributed by atoms with Gasteiger partial charge in [0.25, 0.3) is 5.69 Å². The fourth-order valence-corrected chi connectivity index (χ4v) is 1.92. The van der Waals surface area contributed by atoms with Crippen LogP contribution in [0.15, 0.2) is 60.7 Å². The monoisotopic (exact) mass is 325 g/mol. The number of non-ortho nitro benzene ring substituents is 1. The van der Waals surface area contributed by atoms with Gasteiger partial charge in [-0.2, -0.15) is 0 Å². The van der Waals surface area contributed by atoms with Crippen molar-refractivity contribution in [2.75, 3.05) is 0 Å². The Balaban J connectivity index is 1.85. The molecule has 0 N–H and O–H groups in total. The van der Waals surface area contributed by atoms with Gasteiger partial charge in [0.2, 0.25) is 0 Å². The van der Waals surface area contributed by atoms with E-state index in [4.69, 9.17) is 4.74 Å². The van der Waals surface area contributed by atoms with Gasteiger partial charge in [0.1, 0.15) is 13.0 Å². The third-order valence-corrected chi connectivity index (χ3v) is 3.10. The lowest BCUT2D eigenvalue weighted by Crippen LogP contribution is -2.09. The van der Waals surface area contributed by atoms with Gasteiger partial charge >= 0.3 is 5.97 Å². The van der Waals surface area contributed by atoms with Crippen LogP contribution in [0.4, 0.5) is 5.69 Å². The summed E-state index contributed by atoms with van der Waals surface area (Å²) in [5, 5.41) is 10.7. The fraction of sp³-hybridized carbons (Fsp3) is 0.111. The summed E-state index contributed by atoms with van der Waals surface area (Å²) in [6.45, 7) is 0.113. The second-order valence-corrected chi connectivity index (χ2v) is 4.97. The first-order valence-corrected chi connectivity index (χ1v) is 7.19. The van der Waals surface area contributed by atoms with Crippen molar-refractivity contribution < 1.29 is 19.2 Å². The number of rotatable bonds is 7. The zero-order valence-corrected chi connectivity index (χ0v) is 12.8. The van der Waals surface area contributed by atoms with Crippen LogP contribution in [0, 0.1) is 10.1 Å². The zero-order valence-electron chi connectivity index (χ0n) is 12.8. The standard InChI is InChI=1S/C18H15NO5/c20-17(10-9-14-7-4-8-16(11-14)19(22)23)12-18(21)24-13-15-5-2-1-3-6-15/h1-11H,12-13H2. The van der Waals surface area contributed by atoms with E-state index in [-0.39, 0.29) is 18.7 Å². The molecule has 2 rings (SSSR count). The third kappa shape index (κ3) is 5.49. The van der Waals surface area contributed by atoms with E-state index < -0.39 is 16.7 Å². The lowest BCUT2D eigenvalue weighted by atomic mass is 10.1. The zero-order chi connectivity index (χ0) is 17.4. The number of carbonyl (C=O) groups is 2. The molecule has 0 heterocycles. The van der Waals surface area contributed by atoms with Crippen LogP contribution in [0.3, 0.4) is 0 Å². The smallest absolute Gasteiger partial charge is 0.314 e. The largest absolute Gasteiger partial charge is 0.460 e. The fourth-order valence-electron chi connectivity index (χ4n) is 1.92. The van der Waals surface area contributed by atoms with Gasteiger partial charge in [-0.15, -0.1) is 0 Å². The van der Waals surface area contributed by atoms with Gasteiger partial charge in [0.05, 0.1) is 4.92 Å². The van der Waals surface area contributed by atoms with Gasteiger partial charge in [-0.3, -0.25) is 19.7 Å². The highest BCUT2D eigenvalue weighted by Gasteiger charge is 2.09. The maximum atomic E-state index is 11.7. The summed E-state index contributed by atoms with van der Waals surface area (Å²) >= 11 is 0. The van der Waals surface area contributed by atoms with Crippen LogP contribution in [0.25, 0.3) is 6.08 Å². The number of esters is 1.